The van der Waals surface area contributed by atoms with Gasteiger partial charge in [-0.05, 0) is 43.2 Å². The number of thiazole rings is 1. The van der Waals surface area contributed by atoms with Crippen LogP contribution in [0.5, 0.6) is 0 Å². The maximum Gasteiger partial charge on any atom is 0.287 e. The van der Waals surface area contributed by atoms with E-state index in [1.165, 1.54) is 29.5 Å². The van der Waals surface area contributed by atoms with Gasteiger partial charge < -0.3 is 4.57 Å². The zero-order valence-corrected chi connectivity index (χ0v) is 16.5. The standard InChI is InChI=1S/C18H23FN2O2S2/c1-12-16(18(2,3)4)24-17(21(12)11-13-9-10-13)20-25(22,23)15-8-6-5-7-14(15)19/h5-8,13H,9-11H2,1-4H3/b20-17-. The summed E-state index contributed by atoms with van der Waals surface area (Å²) in [5.41, 5.74) is 0.946. The molecule has 0 radical (unpaired) electrons. The SMILES string of the molecule is Cc1c(C(C)(C)C)s/c(=N\S(=O)(=O)c2ccccc2F)n1CC1CC1. The Morgan fingerprint density at radius 3 is 2.48 bits per heavy atom. The van der Waals surface area contributed by atoms with Crippen LogP contribution in [0.4, 0.5) is 4.39 Å². The van der Waals surface area contributed by atoms with Gasteiger partial charge >= 0.3 is 0 Å². The molecule has 0 unspecified atom stereocenters. The molecule has 0 bridgehead atoms. The molecule has 0 saturated heterocycles. The fraction of sp³-hybridized carbons (Fsp3) is 0.500. The van der Waals surface area contributed by atoms with Crippen molar-refractivity contribution in [1.82, 2.24) is 4.57 Å². The molecule has 25 heavy (non-hydrogen) atoms. The van der Waals surface area contributed by atoms with E-state index in [2.05, 4.69) is 25.2 Å². The predicted octanol–water partition coefficient (Wildman–Crippen LogP) is 3.99. The molecule has 7 heteroatoms. The van der Waals surface area contributed by atoms with Crippen molar-refractivity contribution in [3.63, 3.8) is 0 Å². The highest BCUT2D eigenvalue weighted by atomic mass is 32.2. The molecule has 0 spiro atoms. The van der Waals surface area contributed by atoms with Gasteiger partial charge in [-0.25, -0.2) is 4.39 Å². The lowest BCUT2D eigenvalue weighted by Gasteiger charge is -2.17. The minimum atomic E-state index is -4.09. The van der Waals surface area contributed by atoms with Crippen molar-refractivity contribution in [3.05, 3.63) is 45.5 Å². The van der Waals surface area contributed by atoms with Crippen molar-refractivity contribution in [3.8, 4) is 0 Å². The first-order chi connectivity index (χ1) is 11.6. The normalized spacial score (nSPS) is 16.4. The minimum absolute atomic E-state index is 0.102. The molecule has 0 aliphatic heterocycles. The van der Waals surface area contributed by atoms with Gasteiger partial charge in [0.2, 0.25) is 4.80 Å². The first-order valence-corrected chi connectivity index (χ1v) is 10.6. The molecule has 1 heterocycles. The third kappa shape index (κ3) is 3.87. The third-order valence-electron chi connectivity index (χ3n) is 4.29. The number of nitrogens with zero attached hydrogens (tertiary/aromatic N) is 2. The summed E-state index contributed by atoms with van der Waals surface area (Å²) in [4.78, 5) is 1.16. The van der Waals surface area contributed by atoms with Crippen molar-refractivity contribution in [2.24, 2.45) is 10.3 Å². The molecule has 0 N–H and O–H groups in total. The van der Waals surface area contributed by atoms with Crippen LogP contribution in [-0.4, -0.2) is 13.0 Å². The molecule has 1 aliphatic carbocycles. The Morgan fingerprint density at radius 1 is 1.28 bits per heavy atom. The van der Waals surface area contributed by atoms with Crippen LogP contribution in [-0.2, 0) is 22.0 Å². The molecular formula is C18H23FN2O2S2. The van der Waals surface area contributed by atoms with Gasteiger partial charge in [-0.15, -0.1) is 15.7 Å². The summed E-state index contributed by atoms with van der Waals surface area (Å²) >= 11 is 1.38. The first kappa shape index (κ1) is 18.3. The summed E-state index contributed by atoms with van der Waals surface area (Å²) in [5.74, 6) is -0.194. The number of hydrogen-bond donors (Lipinski definition) is 0. The molecular weight excluding hydrogens is 359 g/mol. The number of rotatable bonds is 4. The quantitative estimate of drug-likeness (QED) is 0.803. The predicted molar refractivity (Wildman–Crippen MR) is 97.6 cm³/mol. The van der Waals surface area contributed by atoms with E-state index in [1.807, 2.05) is 11.5 Å². The van der Waals surface area contributed by atoms with Crippen LogP contribution in [0.3, 0.4) is 0 Å². The number of hydrogen-bond acceptors (Lipinski definition) is 3. The highest BCUT2D eigenvalue weighted by Crippen LogP contribution is 2.33. The number of halogens is 1. The minimum Gasteiger partial charge on any atom is -0.320 e. The monoisotopic (exact) mass is 382 g/mol. The van der Waals surface area contributed by atoms with E-state index < -0.39 is 15.8 Å². The number of sulfonamides is 1. The molecule has 1 aromatic heterocycles. The Morgan fingerprint density at radius 2 is 1.92 bits per heavy atom. The summed E-state index contributed by atoms with van der Waals surface area (Å²) in [6.07, 6.45) is 2.32. The topological polar surface area (TPSA) is 51.4 Å². The van der Waals surface area contributed by atoms with Crippen molar-refractivity contribution in [1.29, 1.82) is 0 Å². The molecule has 1 aromatic carbocycles. The summed E-state index contributed by atoms with van der Waals surface area (Å²) in [5, 5.41) is 0. The Bertz CT molecular complexity index is 962. The van der Waals surface area contributed by atoms with Crippen molar-refractivity contribution >= 4 is 21.4 Å². The van der Waals surface area contributed by atoms with E-state index >= 15 is 0 Å². The van der Waals surface area contributed by atoms with Crippen molar-refractivity contribution < 1.29 is 12.8 Å². The molecule has 2 aromatic rings. The van der Waals surface area contributed by atoms with E-state index in [0.717, 1.165) is 36.0 Å². The zero-order valence-electron chi connectivity index (χ0n) is 14.9. The Labute approximate surface area is 152 Å². The molecule has 0 atom stereocenters. The number of aromatic nitrogens is 1. The van der Waals surface area contributed by atoms with E-state index in [0.29, 0.717) is 10.7 Å². The second kappa shape index (κ2) is 6.36. The van der Waals surface area contributed by atoms with E-state index in [-0.39, 0.29) is 10.3 Å². The van der Waals surface area contributed by atoms with Crippen LogP contribution in [0.1, 0.15) is 44.2 Å². The third-order valence-corrected chi connectivity index (χ3v) is 7.31. The number of benzene rings is 1. The smallest absolute Gasteiger partial charge is 0.287 e. The van der Waals surface area contributed by atoms with Gasteiger partial charge in [-0.2, -0.15) is 8.42 Å². The van der Waals surface area contributed by atoms with Gasteiger partial charge in [-0.3, -0.25) is 0 Å². The average Bonchev–Trinajstić information content (AvgIpc) is 3.26. The molecule has 0 amide bonds. The molecule has 4 nitrogen and oxygen atoms in total. The van der Waals surface area contributed by atoms with E-state index in [4.69, 9.17) is 0 Å². The summed E-state index contributed by atoms with van der Waals surface area (Å²) < 4.78 is 45.2. The maximum absolute atomic E-state index is 13.9. The Balaban J connectivity index is 2.18. The van der Waals surface area contributed by atoms with Crippen LogP contribution in [0.15, 0.2) is 33.6 Å². The zero-order chi connectivity index (χ0) is 18.4. The summed E-state index contributed by atoms with van der Waals surface area (Å²) in [6, 6.07) is 5.37. The van der Waals surface area contributed by atoms with Gasteiger partial charge in [0.15, 0.2) is 0 Å². The fourth-order valence-electron chi connectivity index (χ4n) is 2.83. The summed E-state index contributed by atoms with van der Waals surface area (Å²) in [7, 11) is -4.09. The highest BCUT2D eigenvalue weighted by molar-refractivity contribution is 7.90. The van der Waals surface area contributed by atoms with E-state index in [9.17, 15) is 12.8 Å². The van der Waals surface area contributed by atoms with Gasteiger partial charge in [0, 0.05) is 17.1 Å². The van der Waals surface area contributed by atoms with Gasteiger partial charge in [-0.1, -0.05) is 32.9 Å². The van der Waals surface area contributed by atoms with E-state index in [1.54, 1.807) is 0 Å². The lowest BCUT2D eigenvalue weighted by atomic mass is 9.93. The van der Waals surface area contributed by atoms with Crippen molar-refractivity contribution in [2.45, 2.75) is 57.4 Å². The molecule has 136 valence electrons. The van der Waals surface area contributed by atoms with Crippen LogP contribution in [0, 0.1) is 18.7 Å². The van der Waals surface area contributed by atoms with Gasteiger partial charge in [0.25, 0.3) is 10.0 Å². The largest absolute Gasteiger partial charge is 0.320 e. The summed E-state index contributed by atoms with van der Waals surface area (Å²) in [6.45, 7) is 9.07. The molecule has 3 rings (SSSR count). The van der Waals surface area contributed by atoms with Crippen LogP contribution in [0.2, 0.25) is 0 Å². The fourth-order valence-corrected chi connectivity index (χ4v) is 5.31. The Kier molecular flexibility index (Phi) is 4.66. The Hall–Kier alpha value is -1.47. The van der Waals surface area contributed by atoms with Gasteiger partial charge in [0.05, 0.1) is 0 Å². The van der Waals surface area contributed by atoms with Gasteiger partial charge in [0.1, 0.15) is 10.7 Å². The lowest BCUT2D eigenvalue weighted by molar-refractivity contribution is 0.558. The molecule has 1 saturated carbocycles. The highest BCUT2D eigenvalue weighted by Gasteiger charge is 2.28. The second-order valence-corrected chi connectivity index (χ2v) is 10.1. The van der Waals surface area contributed by atoms with Crippen LogP contribution < -0.4 is 4.80 Å². The maximum atomic E-state index is 13.9. The average molecular weight is 383 g/mol. The van der Waals surface area contributed by atoms with Crippen LogP contribution >= 0.6 is 11.3 Å². The van der Waals surface area contributed by atoms with Crippen molar-refractivity contribution in [2.75, 3.05) is 0 Å². The first-order valence-electron chi connectivity index (χ1n) is 8.36. The molecule has 1 aliphatic rings. The van der Waals surface area contributed by atoms with Crippen LogP contribution in [0.25, 0.3) is 0 Å². The second-order valence-electron chi connectivity index (χ2n) is 7.60. The molecule has 1 fully saturated rings. The lowest BCUT2D eigenvalue weighted by Crippen LogP contribution is -2.20.